The average Bonchev–Trinajstić information content (AvgIpc) is 2.31. The van der Waals surface area contributed by atoms with Crippen LogP contribution >= 0.6 is 0 Å². The van der Waals surface area contributed by atoms with Gasteiger partial charge >= 0.3 is 0 Å². The average molecular weight is 258 g/mol. The lowest BCUT2D eigenvalue weighted by Gasteiger charge is -2.39. The van der Waals surface area contributed by atoms with E-state index in [2.05, 4.69) is 51.8 Å². The fourth-order valence-corrected chi connectivity index (χ4v) is 2.24. The first-order valence-electron chi connectivity index (χ1n) is 7.42. The van der Waals surface area contributed by atoms with E-state index in [-0.39, 0.29) is 0 Å². The molecule has 0 heterocycles. The lowest BCUT2D eigenvalue weighted by atomic mass is 9.99. The molecule has 0 saturated carbocycles. The van der Waals surface area contributed by atoms with Crippen LogP contribution in [0.25, 0.3) is 0 Å². The molecule has 3 heteroatoms. The molecule has 0 aromatic heterocycles. The number of methoxy groups -OCH3 is 1. The first-order valence-corrected chi connectivity index (χ1v) is 7.42. The van der Waals surface area contributed by atoms with Crippen molar-refractivity contribution in [2.24, 2.45) is 5.92 Å². The molecule has 110 valence electrons. The predicted octanol–water partition coefficient (Wildman–Crippen LogP) is 2.76. The van der Waals surface area contributed by atoms with Crippen molar-refractivity contribution in [3.8, 4) is 0 Å². The van der Waals surface area contributed by atoms with Gasteiger partial charge in [-0.2, -0.15) is 0 Å². The molecular formula is C15H34N2O. The van der Waals surface area contributed by atoms with Crippen molar-refractivity contribution in [3.63, 3.8) is 0 Å². The molecule has 0 radical (unpaired) electrons. The Morgan fingerprint density at radius 3 is 2.11 bits per heavy atom. The molecule has 0 saturated heterocycles. The Morgan fingerprint density at radius 1 is 1.11 bits per heavy atom. The summed E-state index contributed by atoms with van der Waals surface area (Å²) < 4.78 is 5.26. The lowest BCUT2D eigenvalue weighted by molar-refractivity contribution is 0.0669. The third-order valence-electron chi connectivity index (χ3n) is 3.64. The second-order valence-corrected chi connectivity index (χ2v) is 5.86. The molecule has 0 aliphatic rings. The van der Waals surface area contributed by atoms with Crippen molar-refractivity contribution in [2.75, 3.05) is 26.8 Å². The molecule has 0 amide bonds. The van der Waals surface area contributed by atoms with Crippen LogP contribution in [-0.2, 0) is 4.74 Å². The minimum atomic E-state index is 0.549. The van der Waals surface area contributed by atoms with Gasteiger partial charge in [-0.15, -0.1) is 0 Å². The van der Waals surface area contributed by atoms with Crippen LogP contribution in [0, 0.1) is 5.92 Å². The van der Waals surface area contributed by atoms with E-state index in [1.165, 1.54) is 6.42 Å². The molecule has 0 rings (SSSR count). The molecule has 2 atom stereocenters. The third-order valence-corrected chi connectivity index (χ3v) is 3.64. The Kier molecular flexibility index (Phi) is 9.70. The molecule has 0 fully saturated rings. The van der Waals surface area contributed by atoms with Gasteiger partial charge in [-0.05, 0) is 19.3 Å². The van der Waals surface area contributed by atoms with E-state index in [4.69, 9.17) is 4.74 Å². The van der Waals surface area contributed by atoms with Crippen molar-refractivity contribution < 1.29 is 4.74 Å². The fourth-order valence-electron chi connectivity index (χ4n) is 2.24. The third kappa shape index (κ3) is 6.72. The van der Waals surface area contributed by atoms with E-state index >= 15 is 0 Å². The van der Waals surface area contributed by atoms with Gasteiger partial charge in [0.05, 0.1) is 6.61 Å². The molecule has 0 aromatic carbocycles. The number of hydrogen-bond donors (Lipinski definition) is 1. The molecular weight excluding hydrogens is 224 g/mol. The van der Waals surface area contributed by atoms with Crippen molar-refractivity contribution >= 4 is 0 Å². The second kappa shape index (κ2) is 9.76. The Bertz CT molecular complexity index is 195. The highest BCUT2D eigenvalue weighted by Crippen LogP contribution is 2.15. The van der Waals surface area contributed by atoms with Gasteiger partial charge in [0.25, 0.3) is 0 Å². The smallest absolute Gasteiger partial charge is 0.0589 e. The van der Waals surface area contributed by atoms with Gasteiger partial charge in [-0.3, -0.25) is 4.90 Å². The van der Waals surface area contributed by atoms with Gasteiger partial charge in [-0.1, -0.05) is 34.6 Å². The van der Waals surface area contributed by atoms with Crippen molar-refractivity contribution in [1.29, 1.82) is 0 Å². The molecule has 1 N–H and O–H groups in total. The molecule has 0 aromatic rings. The van der Waals surface area contributed by atoms with Crippen LogP contribution < -0.4 is 5.32 Å². The van der Waals surface area contributed by atoms with Gasteiger partial charge in [0, 0.05) is 38.3 Å². The summed E-state index contributed by atoms with van der Waals surface area (Å²) in [4.78, 5) is 2.60. The summed E-state index contributed by atoms with van der Waals surface area (Å²) in [5, 5.41) is 3.58. The normalized spacial score (nSPS) is 15.7. The van der Waals surface area contributed by atoms with Gasteiger partial charge in [-0.25, -0.2) is 0 Å². The van der Waals surface area contributed by atoms with E-state index in [1.54, 1.807) is 7.11 Å². The number of nitrogens with zero attached hydrogens (tertiary/aromatic N) is 1. The highest BCUT2D eigenvalue weighted by atomic mass is 16.5. The van der Waals surface area contributed by atoms with Crippen LogP contribution in [0.5, 0.6) is 0 Å². The predicted molar refractivity (Wildman–Crippen MR) is 80.1 cm³/mol. The Morgan fingerprint density at radius 2 is 1.72 bits per heavy atom. The number of rotatable bonds is 10. The SMILES string of the molecule is CCC(C)N(CCOC)C(CNC(C)C)C(C)C. The van der Waals surface area contributed by atoms with Crippen molar-refractivity contribution in [1.82, 2.24) is 10.2 Å². The zero-order chi connectivity index (χ0) is 14.1. The Labute approximate surface area is 114 Å². The van der Waals surface area contributed by atoms with Crippen LogP contribution in [-0.4, -0.2) is 49.8 Å². The summed E-state index contributed by atoms with van der Waals surface area (Å²) in [6.07, 6.45) is 1.19. The molecule has 3 nitrogen and oxygen atoms in total. The first-order chi connectivity index (χ1) is 8.43. The van der Waals surface area contributed by atoms with E-state index in [9.17, 15) is 0 Å². The number of hydrogen-bond acceptors (Lipinski definition) is 3. The molecule has 2 unspecified atom stereocenters. The van der Waals surface area contributed by atoms with E-state index < -0.39 is 0 Å². The summed E-state index contributed by atoms with van der Waals surface area (Å²) >= 11 is 0. The van der Waals surface area contributed by atoms with E-state index in [0.717, 1.165) is 19.7 Å². The van der Waals surface area contributed by atoms with Gasteiger partial charge in [0.15, 0.2) is 0 Å². The van der Waals surface area contributed by atoms with Crippen LogP contribution in [0.4, 0.5) is 0 Å². The summed E-state index contributed by atoms with van der Waals surface area (Å²) in [6, 6.07) is 1.74. The van der Waals surface area contributed by atoms with Crippen LogP contribution in [0.3, 0.4) is 0 Å². The number of nitrogens with one attached hydrogen (secondary N) is 1. The molecule has 18 heavy (non-hydrogen) atoms. The van der Waals surface area contributed by atoms with Gasteiger partial charge in [0.1, 0.15) is 0 Å². The topological polar surface area (TPSA) is 24.5 Å². The Balaban J connectivity index is 4.62. The molecule has 0 spiro atoms. The summed E-state index contributed by atoms with van der Waals surface area (Å²) in [6.45, 7) is 16.5. The molecule has 0 bridgehead atoms. The largest absolute Gasteiger partial charge is 0.383 e. The summed E-state index contributed by atoms with van der Waals surface area (Å²) in [5.74, 6) is 0.655. The summed E-state index contributed by atoms with van der Waals surface area (Å²) in [5.41, 5.74) is 0. The zero-order valence-electron chi connectivity index (χ0n) is 13.5. The van der Waals surface area contributed by atoms with Gasteiger partial charge in [0.2, 0.25) is 0 Å². The second-order valence-electron chi connectivity index (χ2n) is 5.86. The van der Waals surface area contributed by atoms with E-state index in [0.29, 0.717) is 24.0 Å². The van der Waals surface area contributed by atoms with Crippen LogP contribution in [0.15, 0.2) is 0 Å². The number of ether oxygens (including phenoxy) is 1. The first kappa shape index (κ1) is 17.9. The standard InChI is InChI=1S/C15H34N2O/c1-8-14(6)17(9-10-18-7)15(12(2)3)11-16-13(4)5/h12-16H,8-11H2,1-7H3. The zero-order valence-corrected chi connectivity index (χ0v) is 13.5. The lowest BCUT2D eigenvalue weighted by Crippen LogP contribution is -2.51. The van der Waals surface area contributed by atoms with Gasteiger partial charge < -0.3 is 10.1 Å². The Hall–Kier alpha value is -0.120. The summed E-state index contributed by atoms with van der Waals surface area (Å²) in [7, 11) is 1.78. The monoisotopic (exact) mass is 258 g/mol. The quantitative estimate of drug-likeness (QED) is 0.652. The minimum Gasteiger partial charge on any atom is -0.383 e. The highest BCUT2D eigenvalue weighted by Gasteiger charge is 2.24. The highest BCUT2D eigenvalue weighted by molar-refractivity contribution is 4.81. The molecule has 0 aliphatic carbocycles. The maximum atomic E-state index is 5.26. The van der Waals surface area contributed by atoms with Crippen LogP contribution in [0.2, 0.25) is 0 Å². The van der Waals surface area contributed by atoms with Crippen molar-refractivity contribution in [3.05, 3.63) is 0 Å². The minimum absolute atomic E-state index is 0.549. The van der Waals surface area contributed by atoms with Crippen LogP contribution in [0.1, 0.15) is 48.0 Å². The van der Waals surface area contributed by atoms with E-state index in [1.807, 2.05) is 0 Å². The maximum absolute atomic E-state index is 5.26. The molecule has 0 aliphatic heterocycles. The fraction of sp³-hybridized carbons (Fsp3) is 1.00. The maximum Gasteiger partial charge on any atom is 0.0589 e. The van der Waals surface area contributed by atoms with Crippen molar-refractivity contribution in [2.45, 2.75) is 66.1 Å².